The Morgan fingerprint density at radius 1 is 1.25 bits per heavy atom. The Labute approximate surface area is 118 Å². The fraction of sp³-hybridized carbons (Fsp3) is 0. The van der Waals surface area contributed by atoms with Crippen molar-refractivity contribution in [2.45, 2.75) is 0 Å². The first kappa shape index (κ1) is 14.0. The van der Waals surface area contributed by atoms with Gasteiger partial charge in [0.25, 0.3) is 5.91 Å². The lowest BCUT2D eigenvalue weighted by molar-refractivity contribution is 0.0698. The molecule has 0 aliphatic heterocycles. The second-order valence-electron chi connectivity index (χ2n) is 3.78. The third kappa shape index (κ3) is 2.75. The van der Waals surface area contributed by atoms with E-state index in [0.717, 1.165) is 6.07 Å². The number of rotatable bonds is 3. The normalized spacial score (nSPS) is 10.1. The third-order valence-electron chi connectivity index (χ3n) is 2.50. The van der Waals surface area contributed by atoms with E-state index in [1.807, 2.05) is 0 Å². The smallest absolute Gasteiger partial charge is 0.337 e. The highest BCUT2D eigenvalue weighted by molar-refractivity contribution is 6.34. The summed E-state index contributed by atoms with van der Waals surface area (Å²) in [7, 11) is 0. The molecule has 102 valence electrons. The van der Waals surface area contributed by atoms with E-state index in [0.29, 0.717) is 0 Å². The number of anilines is 1. The lowest BCUT2D eigenvalue weighted by Crippen LogP contribution is -2.15. The van der Waals surface area contributed by atoms with Gasteiger partial charge in [0.15, 0.2) is 0 Å². The highest BCUT2D eigenvalue weighted by atomic mass is 35.5. The Kier molecular flexibility index (Phi) is 3.95. The summed E-state index contributed by atoms with van der Waals surface area (Å²) >= 11 is 5.69. The van der Waals surface area contributed by atoms with E-state index >= 15 is 0 Å². The number of hydrogen-bond donors (Lipinski definition) is 2. The molecule has 2 rings (SSSR count). The highest BCUT2D eigenvalue weighted by Crippen LogP contribution is 2.21. The van der Waals surface area contributed by atoms with Crippen LogP contribution in [0.1, 0.15) is 20.7 Å². The maximum absolute atomic E-state index is 13.3. The first-order valence-electron chi connectivity index (χ1n) is 5.43. The molecule has 5 nitrogen and oxygen atoms in total. The molecule has 0 atom stereocenters. The number of aromatic nitrogens is 1. The summed E-state index contributed by atoms with van der Waals surface area (Å²) in [6.45, 7) is 0. The quantitative estimate of drug-likeness (QED) is 0.912. The fourth-order valence-electron chi connectivity index (χ4n) is 1.55. The van der Waals surface area contributed by atoms with E-state index in [1.165, 1.54) is 30.6 Å². The molecule has 1 heterocycles. The lowest BCUT2D eigenvalue weighted by Gasteiger charge is -2.09. The van der Waals surface area contributed by atoms with Gasteiger partial charge in [-0.15, -0.1) is 0 Å². The summed E-state index contributed by atoms with van der Waals surface area (Å²) in [6, 6.07) is 5.02. The zero-order valence-electron chi connectivity index (χ0n) is 9.93. The molecule has 20 heavy (non-hydrogen) atoms. The first-order chi connectivity index (χ1) is 9.50. The van der Waals surface area contributed by atoms with Crippen molar-refractivity contribution in [2.24, 2.45) is 0 Å². The van der Waals surface area contributed by atoms with Crippen LogP contribution in [-0.2, 0) is 0 Å². The van der Waals surface area contributed by atoms with Crippen molar-refractivity contribution in [3.8, 4) is 0 Å². The van der Waals surface area contributed by atoms with Crippen molar-refractivity contribution in [1.82, 2.24) is 4.98 Å². The van der Waals surface area contributed by atoms with Crippen molar-refractivity contribution in [2.75, 3.05) is 5.32 Å². The molecule has 1 amide bonds. The van der Waals surface area contributed by atoms with Crippen LogP contribution in [-0.4, -0.2) is 22.0 Å². The molecule has 0 aliphatic rings. The van der Waals surface area contributed by atoms with Crippen LogP contribution in [0, 0.1) is 5.82 Å². The Balaban J connectivity index is 2.33. The highest BCUT2D eigenvalue weighted by Gasteiger charge is 2.17. The Bertz CT molecular complexity index is 691. The van der Waals surface area contributed by atoms with Crippen LogP contribution in [0.4, 0.5) is 10.1 Å². The minimum atomic E-state index is -1.21. The molecule has 0 bridgehead atoms. The largest absolute Gasteiger partial charge is 0.478 e. The van der Waals surface area contributed by atoms with Gasteiger partial charge in [-0.3, -0.25) is 9.78 Å². The number of amides is 1. The molecule has 0 radical (unpaired) electrons. The molecule has 2 aromatic rings. The summed E-state index contributed by atoms with van der Waals surface area (Å²) in [6.07, 6.45) is 2.48. The molecule has 0 saturated carbocycles. The van der Waals surface area contributed by atoms with Crippen LogP contribution in [0.3, 0.4) is 0 Å². The number of pyridine rings is 1. The molecule has 7 heteroatoms. The molecular formula is C13H8ClFN2O3. The molecule has 2 N–H and O–H groups in total. The van der Waals surface area contributed by atoms with Crippen LogP contribution in [0.5, 0.6) is 0 Å². The Morgan fingerprint density at radius 3 is 2.70 bits per heavy atom. The molecule has 0 saturated heterocycles. The topological polar surface area (TPSA) is 79.3 Å². The molecule has 0 unspecified atom stereocenters. The molecule has 1 aromatic carbocycles. The summed E-state index contributed by atoms with van der Waals surface area (Å²) in [5, 5.41) is 11.0. The number of nitrogens with one attached hydrogen (secondary N) is 1. The van der Waals surface area contributed by atoms with Crippen LogP contribution < -0.4 is 5.32 Å². The number of aromatic carboxylic acids is 1. The second-order valence-corrected chi connectivity index (χ2v) is 4.16. The van der Waals surface area contributed by atoms with Crippen LogP contribution in [0.2, 0.25) is 5.02 Å². The number of halogens is 2. The predicted molar refractivity (Wildman–Crippen MR) is 70.6 cm³/mol. The van der Waals surface area contributed by atoms with Crippen molar-refractivity contribution >= 4 is 29.2 Å². The minimum absolute atomic E-state index is 0.00493. The van der Waals surface area contributed by atoms with Crippen LogP contribution >= 0.6 is 11.6 Å². The molecule has 1 aromatic heterocycles. The first-order valence-corrected chi connectivity index (χ1v) is 5.81. The summed E-state index contributed by atoms with van der Waals surface area (Å²) in [5.74, 6) is -2.66. The van der Waals surface area contributed by atoms with Gasteiger partial charge in [-0.05, 0) is 18.2 Å². The molecule has 0 spiro atoms. The van der Waals surface area contributed by atoms with Crippen LogP contribution in [0.25, 0.3) is 0 Å². The van der Waals surface area contributed by atoms with E-state index in [-0.39, 0.29) is 21.8 Å². The van der Waals surface area contributed by atoms with Gasteiger partial charge in [0, 0.05) is 6.20 Å². The van der Waals surface area contributed by atoms with E-state index in [2.05, 4.69) is 10.3 Å². The number of carboxylic acid groups (broad SMARTS) is 1. The molecule has 0 aliphatic carbocycles. The van der Waals surface area contributed by atoms with E-state index in [9.17, 15) is 14.0 Å². The number of benzene rings is 1. The minimum Gasteiger partial charge on any atom is -0.478 e. The number of hydrogen-bond acceptors (Lipinski definition) is 3. The van der Waals surface area contributed by atoms with Gasteiger partial charge >= 0.3 is 5.97 Å². The second kappa shape index (κ2) is 5.66. The summed E-state index contributed by atoms with van der Waals surface area (Å²) in [5.41, 5.74) is -0.210. The van der Waals surface area contributed by atoms with Crippen molar-refractivity contribution in [1.29, 1.82) is 0 Å². The zero-order chi connectivity index (χ0) is 14.7. The van der Waals surface area contributed by atoms with Crippen molar-refractivity contribution in [3.05, 3.63) is 58.6 Å². The van der Waals surface area contributed by atoms with Crippen LogP contribution in [0.15, 0.2) is 36.7 Å². The van der Waals surface area contributed by atoms with E-state index in [4.69, 9.17) is 16.7 Å². The summed E-state index contributed by atoms with van der Waals surface area (Å²) < 4.78 is 13.3. The third-order valence-corrected chi connectivity index (χ3v) is 2.88. The molecule has 0 fully saturated rings. The summed E-state index contributed by atoms with van der Waals surface area (Å²) in [4.78, 5) is 26.7. The van der Waals surface area contributed by atoms with E-state index in [1.54, 1.807) is 0 Å². The predicted octanol–water partition coefficient (Wildman–Crippen LogP) is 2.82. The average molecular weight is 295 g/mol. The van der Waals surface area contributed by atoms with Gasteiger partial charge < -0.3 is 10.4 Å². The van der Waals surface area contributed by atoms with Crippen molar-refractivity contribution < 1.29 is 19.1 Å². The number of carbonyl (C=O) groups is 2. The Hall–Kier alpha value is -2.47. The average Bonchev–Trinajstić information content (AvgIpc) is 2.42. The van der Waals surface area contributed by atoms with Gasteiger partial charge in [0.05, 0.1) is 28.0 Å². The number of carboxylic acids is 1. The SMILES string of the molecule is O=C(O)c1ccncc1NC(=O)c1cccc(F)c1Cl. The lowest BCUT2D eigenvalue weighted by atomic mass is 10.2. The standard InChI is InChI=1S/C13H8ClFN2O3/c14-11-8(2-1-3-9(11)15)12(18)17-10-6-16-5-4-7(10)13(19)20/h1-6H,(H,17,18)(H,19,20). The van der Waals surface area contributed by atoms with Crippen molar-refractivity contribution in [3.63, 3.8) is 0 Å². The zero-order valence-corrected chi connectivity index (χ0v) is 10.7. The van der Waals surface area contributed by atoms with Gasteiger partial charge in [-0.2, -0.15) is 0 Å². The van der Waals surface area contributed by atoms with E-state index < -0.39 is 17.7 Å². The van der Waals surface area contributed by atoms with Gasteiger partial charge in [0.2, 0.25) is 0 Å². The van der Waals surface area contributed by atoms with Gasteiger partial charge in [-0.25, -0.2) is 9.18 Å². The maximum Gasteiger partial charge on any atom is 0.337 e. The monoisotopic (exact) mass is 294 g/mol. The van der Waals surface area contributed by atoms with Gasteiger partial charge in [0.1, 0.15) is 5.82 Å². The Morgan fingerprint density at radius 2 is 2.00 bits per heavy atom. The van der Waals surface area contributed by atoms with Gasteiger partial charge in [-0.1, -0.05) is 17.7 Å². The number of carbonyl (C=O) groups excluding carboxylic acids is 1. The maximum atomic E-state index is 13.3. The fourth-order valence-corrected chi connectivity index (χ4v) is 1.76. The molecular weight excluding hydrogens is 287 g/mol. The number of nitrogens with zero attached hydrogens (tertiary/aromatic N) is 1.